The molecule has 6 heteroatoms. The maximum atomic E-state index is 12.8. The average molecular weight is 337 g/mol. The molecule has 0 spiro atoms. The molecule has 2 bridgehead atoms. The molecular weight excluding hydrogens is 318 g/mol. The topological polar surface area (TPSA) is 84.2 Å². The smallest absolute Gasteiger partial charge is 0.309 e. The summed E-state index contributed by atoms with van der Waals surface area (Å²) in [4.78, 5) is 24.1. The Morgan fingerprint density at radius 2 is 1.84 bits per heavy atom. The van der Waals surface area contributed by atoms with E-state index >= 15 is 0 Å². The van der Waals surface area contributed by atoms with Crippen molar-refractivity contribution in [3.8, 4) is 5.69 Å². The Bertz CT molecular complexity index is 863. The van der Waals surface area contributed by atoms with Gasteiger partial charge in [-0.05, 0) is 44.2 Å². The van der Waals surface area contributed by atoms with Crippen LogP contribution >= 0.6 is 0 Å². The van der Waals surface area contributed by atoms with E-state index in [0.717, 1.165) is 24.2 Å². The number of carbonyl (C=O) groups is 2. The van der Waals surface area contributed by atoms with Crippen LogP contribution in [0.4, 0.5) is 0 Å². The molecule has 4 aliphatic rings. The molecule has 6 rings (SSSR count). The van der Waals surface area contributed by atoms with Crippen LogP contribution in [0.3, 0.4) is 0 Å². The van der Waals surface area contributed by atoms with Crippen molar-refractivity contribution in [2.24, 2.45) is 5.41 Å². The Morgan fingerprint density at radius 1 is 1.16 bits per heavy atom. The molecule has 1 aromatic carbocycles. The van der Waals surface area contributed by atoms with Gasteiger partial charge in [-0.1, -0.05) is 18.2 Å². The fourth-order valence-corrected chi connectivity index (χ4v) is 4.51. The minimum Gasteiger partial charge on any atom is -0.481 e. The van der Waals surface area contributed by atoms with Gasteiger partial charge in [0.2, 0.25) is 0 Å². The van der Waals surface area contributed by atoms with Crippen LogP contribution in [0, 0.1) is 5.41 Å². The second-order valence-corrected chi connectivity index (χ2v) is 7.82. The van der Waals surface area contributed by atoms with Gasteiger partial charge in [-0.2, -0.15) is 5.10 Å². The average Bonchev–Trinajstić information content (AvgIpc) is 3.27. The van der Waals surface area contributed by atoms with E-state index < -0.39 is 11.4 Å². The number of nitrogens with one attached hydrogen (secondary N) is 1. The summed E-state index contributed by atoms with van der Waals surface area (Å²) in [5.74, 6) is -0.483. The molecule has 1 aromatic heterocycles. The molecule has 6 nitrogen and oxygen atoms in total. The summed E-state index contributed by atoms with van der Waals surface area (Å²) in [6.07, 6.45) is 5.44. The fraction of sp³-hybridized carbons (Fsp3) is 0.421. The molecule has 1 amide bonds. The number of hydrogen-bond donors (Lipinski definition) is 2. The van der Waals surface area contributed by atoms with Crippen molar-refractivity contribution < 1.29 is 14.7 Å². The predicted molar refractivity (Wildman–Crippen MR) is 89.7 cm³/mol. The Balaban J connectivity index is 1.41. The molecule has 1 heterocycles. The number of aromatic nitrogens is 2. The Hall–Kier alpha value is -2.63. The van der Waals surface area contributed by atoms with E-state index in [1.54, 1.807) is 6.20 Å². The van der Waals surface area contributed by atoms with Crippen molar-refractivity contribution in [1.82, 2.24) is 15.1 Å². The number of amides is 1. The third-order valence-electron chi connectivity index (χ3n) is 5.88. The summed E-state index contributed by atoms with van der Waals surface area (Å²) in [6.45, 7) is 0. The van der Waals surface area contributed by atoms with E-state index in [1.807, 2.05) is 35.0 Å². The predicted octanol–water partition coefficient (Wildman–Crippen LogP) is 2.49. The number of para-hydroxylation sites is 1. The first-order valence-electron chi connectivity index (χ1n) is 8.71. The number of carbonyl (C=O) groups excluding carboxylic acids is 1. The van der Waals surface area contributed by atoms with Crippen LogP contribution in [0.2, 0.25) is 0 Å². The monoisotopic (exact) mass is 337 g/mol. The van der Waals surface area contributed by atoms with Gasteiger partial charge in [-0.25, -0.2) is 4.68 Å². The highest BCUT2D eigenvalue weighted by molar-refractivity contribution is 5.97. The number of nitrogens with zero attached hydrogens (tertiary/aromatic N) is 2. The molecule has 0 unspecified atom stereocenters. The third-order valence-corrected chi connectivity index (χ3v) is 5.88. The second-order valence-electron chi connectivity index (χ2n) is 7.82. The maximum absolute atomic E-state index is 12.8. The number of benzene rings is 1. The van der Waals surface area contributed by atoms with Crippen LogP contribution in [-0.4, -0.2) is 32.3 Å². The van der Waals surface area contributed by atoms with Crippen molar-refractivity contribution in [3.63, 3.8) is 0 Å². The summed E-state index contributed by atoms with van der Waals surface area (Å²) < 4.78 is 1.87. The van der Waals surface area contributed by atoms with Gasteiger partial charge in [0.05, 0.1) is 28.6 Å². The Labute approximate surface area is 144 Å². The lowest BCUT2D eigenvalue weighted by Gasteiger charge is -2.67. The molecule has 0 saturated heterocycles. The number of hydrogen-bond acceptors (Lipinski definition) is 3. The van der Waals surface area contributed by atoms with Crippen LogP contribution in [0.15, 0.2) is 36.5 Å². The van der Waals surface area contributed by atoms with E-state index in [-0.39, 0.29) is 11.4 Å². The molecule has 0 aliphatic heterocycles. The normalized spacial score (nSPS) is 29.4. The first kappa shape index (κ1) is 14.7. The highest BCUT2D eigenvalue weighted by atomic mass is 16.4. The first-order valence-corrected chi connectivity index (χ1v) is 8.71. The standard InChI is InChI=1S/C19H19N3O3/c23-16(21-19-9-18(10-19,11-19)17(24)25)14-8-20-22(15(14)12-6-7-12)13-4-2-1-3-5-13/h1-5,8,12H,6-7,9-11H2,(H,21,23)(H,24,25). The van der Waals surface area contributed by atoms with Crippen LogP contribution in [0.1, 0.15) is 54.1 Å². The van der Waals surface area contributed by atoms with Crippen LogP contribution < -0.4 is 5.32 Å². The summed E-state index contributed by atoms with van der Waals surface area (Å²) in [7, 11) is 0. The molecule has 2 N–H and O–H groups in total. The highest BCUT2D eigenvalue weighted by Gasteiger charge is 2.72. The van der Waals surface area contributed by atoms with E-state index in [1.165, 1.54) is 0 Å². The summed E-state index contributed by atoms with van der Waals surface area (Å²) in [5, 5.41) is 16.8. The minimum atomic E-state index is -0.737. The largest absolute Gasteiger partial charge is 0.481 e. The van der Waals surface area contributed by atoms with Crippen molar-refractivity contribution >= 4 is 11.9 Å². The van der Waals surface area contributed by atoms with Crippen molar-refractivity contribution in [3.05, 3.63) is 47.8 Å². The molecular formula is C19H19N3O3. The Morgan fingerprint density at radius 3 is 2.44 bits per heavy atom. The van der Waals surface area contributed by atoms with Gasteiger partial charge in [-0.15, -0.1) is 0 Å². The van der Waals surface area contributed by atoms with E-state index in [0.29, 0.717) is 30.7 Å². The second kappa shape index (κ2) is 4.71. The van der Waals surface area contributed by atoms with Crippen molar-refractivity contribution in [2.75, 3.05) is 0 Å². The van der Waals surface area contributed by atoms with Gasteiger partial charge in [-0.3, -0.25) is 9.59 Å². The van der Waals surface area contributed by atoms with Gasteiger partial charge >= 0.3 is 5.97 Å². The molecule has 0 radical (unpaired) electrons. The molecule has 2 aromatic rings. The van der Waals surface area contributed by atoms with Crippen LogP contribution in [-0.2, 0) is 4.79 Å². The number of rotatable bonds is 5. The zero-order valence-corrected chi connectivity index (χ0v) is 13.7. The van der Waals surface area contributed by atoms with Crippen molar-refractivity contribution in [1.29, 1.82) is 0 Å². The van der Waals surface area contributed by atoms with E-state index in [2.05, 4.69) is 10.4 Å². The fourth-order valence-electron chi connectivity index (χ4n) is 4.51. The molecule has 4 saturated carbocycles. The quantitative estimate of drug-likeness (QED) is 0.878. The number of carboxylic acid groups (broad SMARTS) is 1. The summed E-state index contributed by atoms with van der Waals surface area (Å²) in [6, 6.07) is 9.84. The lowest BCUT2D eigenvalue weighted by Crippen LogP contribution is -2.77. The first-order chi connectivity index (χ1) is 12.0. The van der Waals surface area contributed by atoms with Gasteiger partial charge in [0.15, 0.2) is 0 Å². The highest BCUT2D eigenvalue weighted by Crippen LogP contribution is 2.67. The molecule has 4 aliphatic carbocycles. The van der Waals surface area contributed by atoms with Crippen LogP contribution in [0.5, 0.6) is 0 Å². The van der Waals surface area contributed by atoms with Crippen molar-refractivity contribution in [2.45, 2.75) is 43.6 Å². The van der Waals surface area contributed by atoms with Gasteiger partial charge in [0.1, 0.15) is 0 Å². The lowest BCUT2D eigenvalue weighted by atomic mass is 9.39. The zero-order chi connectivity index (χ0) is 17.2. The number of aliphatic carboxylic acids is 1. The number of carboxylic acids is 1. The van der Waals surface area contributed by atoms with Gasteiger partial charge in [0.25, 0.3) is 5.91 Å². The van der Waals surface area contributed by atoms with Gasteiger partial charge in [0, 0.05) is 11.5 Å². The van der Waals surface area contributed by atoms with Crippen LogP contribution in [0.25, 0.3) is 5.69 Å². The van der Waals surface area contributed by atoms with Gasteiger partial charge < -0.3 is 10.4 Å². The Kier molecular flexibility index (Phi) is 2.77. The van der Waals surface area contributed by atoms with E-state index in [9.17, 15) is 14.7 Å². The zero-order valence-electron chi connectivity index (χ0n) is 13.7. The molecule has 4 fully saturated rings. The summed E-state index contributed by atoms with van der Waals surface area (Å²) in [5.41, 5.74) is 1.66. The maximum Gasteiger partial charge on any atom is 0.309 e. The SMILES string of the molecule is O=C(NC12CC(C(=O)O)(C1)C2)c1cnn(-c2ccccc2)c1C1CC1. The van der Waals surface area contributed by atoms with E-state index in [4.69, 9.17) is 0 Å². The molecule has 0 atom stereocenters. The minimum absolute atomic E-state index is 0.122. The molecule has 25 heavy (non-hydrogen) atoms. The summed E-state index contributed by atoms with van der Waals surface area (Å²) >= 11 is 0. The lowest BCUT2D eigenvalue weighted by molar-refractivity contribution is -0.196. The molecule has 128 valence electrons. The third kappa shape index (κ3) is 2.06.